The highest BCUT2D eigenvalue weighted by Gasteiger charge is 2.09. The van der Waals surface area contributed by atoms with Gasteiger partial charge in [-0.2, -0.15) is 0 Å². The molecule has 0 aliphatic heterocycles. The van der Waals surface area contributed by atoms with E-state index in [0.717, 1.165) is 0 Å². The molecule has 6 heteroatoms. The van der Waals surface area contributed by atoms with Crippen LogP contribution in [0.5, 0.6) is 11.6 Å². The van der Waals surface area contributed by atoms with Crippen LogP contribution in [0.1, 0.15) is 33.3 Å². The van der Waals surface area contributed by atoms with Crippen LogP contribution in [0.2, 0.25) is 0 Å². The Morgan fingerprint density at radius 1 is 1.19 bits per heavy atom. The van der Waals surface area contributed by atoms with E-state index in [1.165, 1.54) is 24.3 Å². The van der Waals surface area contributed by atoms with Crippen molar-refractivity contribution in [3.8, 4) is 11.6 Å². The number of amides is 1. The molecule has 1 heterocycles. The quantitative estimate of drug-likeness (QED) is 0.877. The summed E-state index contributed by atoms with van der Waals surface area (Å²) in [5.41, 5.74) is 6.25. The number of aromatic nitrogens is 1. The Hall–Kier alpha value is -2.89. The van der Waals surface area contributed by atoms with Gasteiger partial charge in [-0.05, 0) is 36.8 Å². The summed E-state index contributed by atoms with van der Waals surface area (Å²) < 4.78 is 5.52. The van der Waals surface area contributed by atoms with Gasteiger partial charge in [0.2, 0.25) is 11.8 Å². The number of hydrogen-bond donors (Lipinski definition) is 2. The minimum absolute atomic E-state index is 0.116. The predicted molar refractivity (Wildman–Crippen MR) is 75.6 cm³/mol. The second-order valence-corrected chi connectivity index (χ2v) is 4.33. The van der Waals surface area contributed by atoms with E-state index in [0.29, 0.717) is 23.4 Å². The van der Waals surface area contributed by atoms with Crippen molar-refractivity contribution in [2.24, 2.45) is 5.73 Å². The van der Waals surface area contributed by atoms with Crippen LogP contribution in [-0.4, -0.2) is 22.0 Å². The van der Waals surface area contributed by atoms with Gasteiger partial charge < -0.3 is 15.6 Å². The monoisotopic (exact) mass is 286 g/mol. The molecular weight excluding hydrogens is 272 g/mol. The van der Waals surface area contributed by atoms with Crippen molar-refractivity contribution in [1.29, 1.82) is 0 Å². The molecule has 0 fully saturated rings. The average molecular weight is 286 g/mol. The summed E-state index contributed by atoms with van der Waals surface area (Å²) in [5.74, 6) is -0.933. The molecule has 0 saturated heterocycles. The van der Waals surface area contributed by atoms with Crippen LogP contribution in [0.15, 0.2) is 36.4 Å². The smallest absolute Gasteiger partial charge is 0.335 e. The number of ether oxygens (including phenoxy) is 1. The van der Waals surface area contributed by atoms with Crippen molar-refractivity contribution < 1.29 is 19.4 Å². The second kappa shape index (κ2) is 6.04. The molecule has 0 unspecified atom stereocenters. The molecule has 0 aliphatic carbocycles. The number of carboxylic acids is 1. The zero-order valence-electron chi connectivity index (χ0n) is 11.4. The zero-order valence-corrected chi connectivity index (χ0v) is 11.4. The molecule has 1 amide bonds. The Labute approximate surface area is 121 Å². The van der Waals surface area contributed by atoms with Crippen LogP contribution in [0.25, 0.3) is 0 Å². The average Bonchev–Trinajstić information content (AvgIpc) is 2.47. The van der Waals surface area contributed by atoms with Crippen LogP contribution < -0.4 is 10.5 Å². The van der Waals surface area contributed by atoms with E-state index >= 15 is 0 Å². The molecule has 0 atom stereocenters. The number of rotatable bonds is 5. The fourth-order valence-corrected chi connectivity index (χ4v) is 1.73. The van der Waals surface area contributed by atoms with Crippen molar-refractivity contribution in [1.82, 2.24) is 4.98 Å². The lowest BCUT2D eigenvalue weighted by molar-refractivity contribution is 0.0696. The number of carboxylic acid groups (broad SMARTS) is 1. The number of nitrogens with zero attached hydrogens (tertiary/aromatic N) is 1. The summed E-state index contributed by atoms with van der Waals surface area (Å²) in [4.78, 5) is 26.2. The maximum absolute atomic E-state index is 11.1. The third-order valence-corrected chi connectivity index (χ3v) is 2.83. The summed E-state index contributed by atoms with van der Waals surface area (Å²) in [6.07, 6.45) is 0.595. The summed E-state index contributed by atoms with van der Waals surface area (Å²) in [7, 11) is 0. The summed E-state index contributed by atoms with van der Waals surface area (Å²) in [5, 5.41) is 9.06. The van der Waals surface area contributed by atoms with Crippen LogP contribution in [0.4, 0.5) is 0 Å². The molecule has 1 aromatic carbocycles. The fraction of sp³-hybridized carbons (Fsp3) is 0.133. The van der Waals surface area contributed by atoms with Gasteiger partial charge in [0.1, 0.15) is 5.75 Å². The standard InChI is InChI=1S/C15H14N2O4/c1-2-11-7-10(15(19)20)8-13(17-11)21-12-5-3-9(4-6-12)14(16)18/h3-8H,2H2,1H3,(H2,16,18)(H,19,20). The van der Waals surface area contributed by atoms with Gasteiger partial charge in [-0.1, -0.05) is 6.92 Å². The Kier molecular flexibility index (Phi) is 4.18. The molecule has 2 aromatic rings. The highest BCUT2D eigenvalue weighted by molar-refractivity contribution is 5.92. The van der Waals surface area contributed by atoms with Gasteiger partial charge in [0, 0.05) is 17.3 Å². The third kappa shape index (κ3) is 3.56. The lowest BCUT2D eigenvalue weighted by atomic mass is 10.2. The highest BCUT2D eigenvalue weighted by Crippen LogP contribution is 2.22. The van der Waals surface area contributed by atoms with Crippen molar-refractivity contribution in [3.05, 3.63) is 53.2 Å². The van der Waals surface area contributed by atoms with Crippen molar-refractivity contribution >= 4 is 11.9 Å². The molecule has 2 rings (SSSR count). The molecular formula is C15H14N2O4. The predicted octanol–water partition coefficient (Wildman–Crippen LogP) is 2.23. The largest absolute Gasteiger partial charge is 0.478 e. The first kappa shape index (κ1) is 14.5. The minimum Gasteiger partial charge on any atom is -0.478 e. The number of nitrogens with two attached hydrogens (primary N) is 1. The van der Waals surface area contributed by atoms with E-state index < -0.39 is 11.9 Å². The number of aryl methyl sites for hydroxylation is 1. The van der Waals surface area contributed by atoms with Gasteiger partial charge in [-0.15, -0.1) is 0 Å². The lowest BCUT2D eigenvalue weighted by Gasteiger charge is -2.08. The second-order valence-electron chi connectivity index (χ2n) is 4.33. The van der Waals surface area contributed by atoms with E-state index in [-0.39, 0.29) is 11.4 Å². The molecule has 0 spiro atoms. The maximum atomic E-state index is 11.1. The fourth-order valence-electron chi connectivity index (χ4n) is 1.73. The topological polar surface area (TPSA) is 103 Å². The number of primary amides is 1. The Morgan fingerprint density at radius 2 is 1.86 bits per heavy atom. The molecule has 0 aliphatic rings. The highest BCUT2D eigenvalue weighted by atomic mass is 16.5. The molecule has 108 valence electrons. The number of hydrogen-bond acceptors (Lipinski definition) is 4. The van der Waals surface area contributed by atoms with E-state index in [2.05, 4.69) is 4.98 Å². The first-order chi connectivity index (χ1) is 9.99. The van der Waals surface area contributed by atoms with Crippen LogP contribution in [0, 0.1) is 0 Å². The molecule has 0 saturated carbocycles. The van der Waals surface area contributed by atoms with Crippen molar-refractivity contribution in [2.45, 2.75) is 13.3 Å². The van der Waals surface area contributed by atoms with Gasteiger partial charge in [0.15, 0.2) is 0 Å². The third-order valence-electron chi connectivity index (χ3n) is 2.83. The van der Waals surface area contributed by atoms with E-state index in [1.807, 2.05) is 6.92 Å². The van der Waals surface area contributed by atoms with E-state index in [4.69, 9.17) is 15.6 Å². The van der Waals surface area contributed by atoms with Gasteiger partial charge in [0.25, 0.3) is 0 Å². The van der Waals surface area contributed by atoms with Gasteiger partial charge in [0.05, 0.1) is 5.56 Å². The first-order valence-electron chi connectivity index (χ1n) is 6.31. The number of carbonyl (C=O) groups excluding carboxylic acids is 1. The van der Waals surface area contributed by atoms with E-state index in [1.54, 1.807) is 12.1 Å². The van der Waals surface area contributed by atoms with Crippen molar-refractivity contribution in [3.63, 3.8) is 0 Å². The van der Waals surface area contributed by atoms with Crippen LogP contribution >= 0.6 is 0 Å². The number of benzene rings is 1. The first-order valence-corrected chi connectivity index (χ1v) is 6.31. The lowest BCUT2D eigenvalue weighted by Crippen LogP contribution is -2.10. The van der Waals surface area contributed by atoms with Gasteiger partial charge in [-0.25, -0.2) is 9.78 Å². The Balaban J connectivity index is 2.28. The Bertz CT molecular complexity index is 681. The zero-order chi connectivity index (χ0) is 15.4. The number of carbonyl (C=O) groups is 2. The Morgan fingerprint density at radius 3 is 2.38 bits per heavy atom. The SMILES string of the molecule is CCc1cc(C(=O)O)cc(Oc2ccc(C(N)=O)cc2)n1. The van der Waals surface area contributed by atoms with Crippen LogP contribution in [-0.2, 0) is 6.42 Å². The molecule has 1 aromatic heterocycles. The van der Waals surface area contributed by atoms with Gasteiger partial charge in [-0.3, -0.25) is 4.79 Å². The number of aromatic carboxylic acids is 1. The summed E-state index contributed by atoms with van der Waals surface area (Å²) >= 11 is 0. The van der Waals surface area contributed by atoms with Crippen LogP contribution in [0.3, 0.4) is 0 Å². The maximum Gasteiger partial charge on any atom is 0.335 e. The molecule has 0 radical (unpaired) electrons. The van der Waals surface area contributed by atoms with Crippen molar-refractivity contribution in [2.75, 3.05) is 0 Å². The minimum atomic E-state index is -1.04. The molecule has 6 nitrogen and oxygen atoms in total. The molecule has 3 N–H and O–H groups in total. The summed E-state index contributed by atoms with van der Waals surface area (Å²) in [6.45, 7) is 1.87. The number of pyridine rings is 1. The summed E-state index contributed by atoms with van der Waals surface area (Å²) in [6, 6.07) is 9.05. The molecule has 0 bridgehead atoms. The van der Waals surface area contributed by atoms with E-state index in [9.17, 15) is 9.59 Å². The van der Waals surface area contributed by atoms with Gasteiger partial charge >= 0.3 is 5.97 Å². The molecule has 21 heavy (non-hydrogen) atoms. The normalized spacial score (nSPS) is 10.1.